The Morgan fingerprint density at radius 1 is 0.769 bits per heavy atom. The summed E-state index contributed by atoms with van der Waals surface area (Å²) < 4.78 is 0. The Morgan fingerprint density at radius 2 is 1.23 bits per heavy atom. The highest BCUT2D eigenvalue weighted by molar-refractivity contribution is 4.49. The fraction of sp³-hybridized carbons (Fsp3) is 0.923. The van der Waals surface area contributed by atoms with Crippen LogP contribution in [0.5, 0.6) is 0 Å². The summed E-state index contributed by atoms with van der Waals surface area (Å²) in [5, 5.41) is 0. The van der Waals surface area contributed by atoms with E-state index in [9.17, 15) is 0 Å². The third kappa shape index (κ3) is 12.0. The van der Waals surface area contributed by atoms with Crippen LogP contribution in [0.4, 0.5) is 0 Å². The van der Waals surface area contributed by atoms with Crippen LogP contribution in [0.25, 0.3) is 0 Å². The van der Waals surface area contributed by atoms with Gasteiger partial charge in [-0.3, -0.25) is 0 Å². The van der Waals surface area contributed by atoms with Crippen LogP contribution in [0.1, 0.15) is 71.6 Å². The van der Waals surface area contributed by atoms with Crippen molar-refractivity contribution in [3.8, 4) is 0 Å². The van der Waals surface area contributed by atoms with Crippen molar-refractivity contribution in [2.24, 2.45) is 5.92 Å². The molecule has 0 aliphatic heterocycles. The molecule has 0 bridgehead atoms. The van der Waals surface area contributed by atoms with Gasteiger partial charge in [0.1, 0.15) is 0 Å². The lowest BCUT2D eigenvalue weighted by atomic mass is 10.0. The Kier molecular flexibility index (Phi) is 10.1. The van der Waals surface area contributed by atoms with E-state index in [1.165, 1.54) is 51.4 Å². The van der Waals surface area contributed by atoms with Crippen molar-refractivity contribution < 1.29 is 0 Å². The van der Waals surface area contributed by atoms with Gasteiger partial charge in [0.05, 0.1) is 0 Å². The molecule has 0 amide bonds. The van der Waals surface area contributed by atoms with Gasteiger partial charge in [-0.05, 0) is 5.92 Å². The van der Waals surface area contributed by atoms with Crippen molar-refractivity contribution in [3.63, 3.8) is 0 Å². The molecule has 79 valence electrons. The molecule has 0 atom stereocenters. The lowest BCUT2D eigenvalue weighted by Gasteiger charge is -2.03. The average Bonchev–Trinajstić information content (AvgIpc) is 2.09. The molecule has 0 fully saturated rings. The molecule has 0 aliphatic carbocycles. The smallest absolute Gasteiger partial charge is 0.0471 e. The SMILES string of the molecule is [CH2]CCCCCCCCCC(C)C. The minimum Gasteiger partial charge on any atom is -0.0628 e. The van der Waals surface area contributed by atoms with Crippen molar-refractivity contribution in [2.45, 2.75) is 71.6 Å². The summed E-state index contributed by atoms with van der Waals surface area (Å²) in [6.07, 6.45) is 12.5. The van der Waals surface area contributed by atoms with E-state index in [0.717, 1.165) is 12.3 Å². The first kappa shape index (κ1) is 13.0. The molecule has 1 radical (unpaired) electrons. The van der Waals surface area contributed by atoms with E-state index in [-0.39, 0.29) is 0 Å². The van der Waals surface area contributed by atoms with E-state index in [2.05, 4.69) is 20.8 Å². The van der Waals surface area contributed by atoms with Crippen LogP contribution in [0, 0.1) is 12.8 Å². The van der Waals surface area contributed by atoms with Gasteiger partial charge in [0, 0.05) is 0 Å². The Morgan fingerprint density at radius 3 is 1.69 bits per heavy atom. The first-order valence-corrected chi connectivity index (χ1v) is 6.06. The Bertz CT molecular complexity index is 84.0. The standard InChI is InChI=1S/C13H27/c1-4-5-6-7-8-9-10-11-12-13(2)3/h13H,1,4-12H2,2-3H3. The first-order valence-electron chi connectivity index (χ1n) is 6.06. The molecule has 0 aromatic heterocycles. The molecule has 0 saturated carbocycles. The van der Waals surface area contributed by atoms with Crippen molar-refractivity contribution in [1.29, 1.82) is 0 Å². The molecule has 0 N–H and O–H groups in total. The summed E-state index contributed by atoms with van der Waals surface area (Å²) in [7, 11) is 0. The largest absolute Gasteiger partial charge is 0.0628 e. The molecule has 0 spiro atoms. The van der Waals surface area contributed by atoms with Gasteiger partial charge in [-0.1, -0.05) is 78.6 Å². The zero-order chi connectivity index (χ0) is 9.94. The molecule has 0 nitrogen and oxygen atoms in total. The van der Waals surface area contributed by atoms with Gasteiger partial charge in [0.2, 0.25) is 0 Å². The molecule has 0 rings (SSSR count). The maximum absolute atomic E-state index is 3.85. The maximum Gasteiger partial charge on any atom is -0.0471 e. The highest BCUT2D eigenvalue weighted by atomic mass is 14.0. The lowest BCUT2D eigenvalue weighted by Crippen LogP contribution is -1.87. The van der Waals surface area contributed by atoms with Gasteiger partial charge in [-0.2, -0.15) is 0 Å². The molecular weight excluding hydrogens is 156 g/mol. The normalized spacial score (nSPS) is 11.1. The molecule has 0 aromatic carbocycles. The summed E-state index contributed by atoms with van der Waals surface area (Å²) in [4.78, 5) is 0. The molecular formula is C13H27. The van der Waals surface area contributed by atoms with Gasteiger partial charge in [0.25, 0.3) is 0 Å². The molecule has 13 heavy (non-hydrogen) atoms. The van der Waals surface area contributed by atoms with E-state index in [4.69, 9.17) is 0 Å². The van der Waals surface area contributed by atoms with Gasteiger partial charge in [-0.25, -0.2) is 0 Å². The lowest BCUT2D eigenvalue weighted by molar-refractivity contribution is 0.509. The van der Waals surface area contributed by atoms with Gasteiger partial charge < -0.3 is 0 Å². The molecule has 0 unspecified atom stereocenters. The zero-order valence-corrected chi connectivity index (χ0v) is 9.65. The van der Waals surface area contributed by atoms with Crippen LogP contribution in [0.2, 0.25) is 0 Å². The van der Waals surface area contributed by atoms with Crippen molar-refractivity contribution in [2.75, 3.05) is 0 Å². The van der Waals surface area contributed by atoms with Gasteiger partial charge in [-0.15, -0.1) is 0 Å². The molecule has 0 heteroatoms. The minimum atomic E-state index is 0.895. The molecule has 0 saturated heterocycles. The Labute approximate surface area is 85.1 Å². The van der Waals surface area contributed by atoms with E-state index in [1.54, 1.807) is 0 Å². The minimum absolute atomic E-state index is 0.895. The Balaban J connectivity index is 2.84. The topological polar surface area (TPSA) is 0 Å². The van der Waals surface area contributed by atoms with Crippen LogP contribution in [0.3, 0.4) is 0 Å². The summed E-state index contributed by atoms with van der Waals surface area (Å²) in [6.45, 7) is 8.48. The second-order valence-electron chi connectivity index (χ2n) is 4.51. The fourth-order valence-corrected chi connectivity index (χ4v) is 1.61. The van der Waals surface area contributed by atoms with Crippen LogP contribution in [-0.4, -0.2) is 0 Å². The van der Waals surface area contributed by atoms with Gasteiger partial charge in [0.15, 0.2) is 0 Å². The van der Waals surface area contributed by atoms with E-state index in [0.29, 0.717) is 0 Å². The second-order valence-corrected chi connectivity index (χ2v) is 4.51. The summed E-state index contributed by atoms with van der Waals surface area (Å²) >= 11 is 0. The van der Waals surface area contributed by atoms with Crippen LogP contribution >= 0.6 is 0 Å². The Hall–Kier alpha value is 0. The third-order valence-electron chi connectivity index (χ3n) is 2.53. The summed E-state index contributed by atoms with van der Waals surface area (Å²) in [5.41, 5.74) is 0. The number of rotatable bonds is 9. The highest BCUT2D eigenvalue weighted by Gasteiger charge is 1.94. The zero-order valence-electron chi connectivity index (χ0n) is 9.65. The van der Waals surface area contributed by atoms with Gasteiger partial charge >= 0.3 is 0 Å². The highest BCUT2D eigenvalue weighted by Crippen LogP contribution is 2.12. The van der Waals surface area contributed by atoms with Crippen molar-refractivity contribution in [1.82, 2.24) is 0 Å². The first-order chi connectivity index (χ1) is 6.27. The summed E-state index contributed by atoms with van der Waals surface area (Å²) in [5.74, 6) is 0.895. The maximum atomic E-state index is 3.85. The molecule has 0 aromatic rings. The van der Waals surface area contributed by atoms with Crippen LogP contribution in [-0.2, 0) is 0 Å². The third-order valence-corrected chi connectivity index (χ3v) is 2.53. The number of hydrogen-bond acceptors (Lipinski definition) is 0. The fourth-order valence-electron chi connectivity index (χ4n) is 1.61. The van der Waals surface area contributed by atoms with Crippen molar-refractivity contribution in [3.05, 3.63) is 6.92 Å². The number of unbranched alkanes of at least 4 members (excludes halogenated alkanes) is 7. The predicted molar refractivity (Wildman–Crippen MR) is 61.7 cm³/mol. The molecule has 0 aliphatic rings. The quantitative estimate of drug-likeness (QED) is 0.442. The van der Waals surface area contributed by atoms with Crippen LogP contribution in [0.15, 0.2) is 0 Å². The van der Waals surface area contributed by atoms with E-state index >= 15 is 0 Å². The van der Waals surface area contributed by atoms with E-state index < -0.39 is 0 Å². The van der Waals surface area contributed by atoms with Crippen molar-refractivity contribution >= 4 is 0 Å². The number of hydrogen-bond donors (Lipinski definition) is 0. The molecule has 0 heterocycles. The van der Waals surface area contributed by atoms with Crippen LogP contribution < -0.4 is 0 Å². The monoisotopic (exact) mass is 183 g/mol. The predicted octanol–water partition coefficient (Wildman–Crippen LogP) is 4.99. The van der Waals surface area contributed by atoms with E-state index in [1.807, 2.05) is 0 Å². The average molecular weight is 183 g/mol. The summed E-state index contributed by atoms with van der Waals surface area (Å²) in [6, 6.07) is 0. The second kappa shape index (κ2) is 10.1.